The van der Waals surface area contributed by atoms with E-state index in [0.29, 0.717) is 5.41 Å². The Labute approximate surface area is 309 Å². The molecular weight excluding hydrogens is 789 g/mol. The summed E-state index contributed by atoms with van der Waals surface area (Å²) >= 11 is 0. The first kappa shape index (κ1) is 32.3. The van der Waals surface area contributed by atoms with Gasteiger partial charge in [0.05, 0.1) is 5.58 Å². The smallest absolute Gasteiger partial charge is 0.121 e. The summed E-state index contributed by atoms with van der Waals surface area (Å²) in [6, 6.07) is 49.6. The zero-order valence-corrected chi connectivity index (χ0v) is 30.6. The molecule has 0 bridgehead atoms. The van der Waals surface area contributed by atoms with Crippen LogP contribution in [0.2, 0.25) is 0 Å². The van der Waals surface area contributed by atoms with Crippen LogP contribution < -0.4 is 0 Å². The number of nitrogens with zero attached hydrogens (tertiary/aromatic N) is 2. The van der Waals surface area contributed by atoms with Crippen LogP contribution in [0.4, 0.5) is 0 Å². The van der Waals surface area contributed by atoms with Gasteiger partial charge in [-0.05, 0) is 94.0 Å². The van der Waals surface area contributed by atoms with E-state index < -0.39 is 5.89 Å². The second-order valence-electron chi connectivity index (χ2n) is 13.6. The summed E-state index contributed by atoms with van der Waals surface area (Å²) in [4.78, 5) is 8.93. The van der Waals surface area contributed by atoms with Crippen molar-refractivity contribution < 1.29 is 25.9 Å². The Bertz CT molecular complexity index is 2370. The predicted molar refractivity (Wildman–Crippen MR) is 202 cm³/mol. The molecule has 9 rings (SSSR count). The van der Waals surface area contributed by atoms with E-state index in [0.717, 1.165) is 86.8 Å². The first-order valence-electron chi connectivity index (χ1n) is 17.6. The van der Waals surface area contributed by atoms with E-state index >= 15 is 0 Å². The number of hydrogen-bond donors (Lipinski definition) is 0. The number of aromatic nitrogens is 2. The molecule has 1 radical (unpaired) electrons. The van der Waals surface area contributed by atoms with Crippen LogP contribution >= 0.6 is 0 Å². The molecular formula is C46H38IrN2O-2. The Kier molecular flexibility index (Phi) is 9.39. The average molecular weight is 828 g/mol. The van der Waals surface area contributed by atoms with Gasteiger partial charge in [-0.1, -0.05) is 97.6 Å². The number of hydrogen-bond acceptors (Lipinski definition) is 3. The van der Waals surface area contributed by atoms with E-state index in [2.05, 4.69) is 104 Å². The van der Waals surface area contributed by atoms with E-state index in [1.807, 2.05) is 60.8 Å². The summed E-state index contributed by atoms with van der Waals surface area (Å²) in [5.74, 6) is -0.479. The Balaban J connectivity index is 0.000000265. The van der Waals surface area contributed by atoms with Crippen LogP contribution in [-0.4, -0.2) is 9.97 Å². The largest absolute Gasteiger partial charge is 0.501 e. The van der Waals surface area contributed by atoms with Crippen LogP contribution in [0.1, 0.15) is 52.4 Å². The third-order valence-corrected chi connectivity index (χ3v) is 9.82. The van der Waals surface area contributed by atoms with Crippen molar-refractivity contribution in [3.8, 4) is 33.6 Å². The minimum absolute atomic E-state index is 0. The van der Waals surface area contributed by atoms with Crippen LogP contribution in [0.15, 0.2) is 144 Å². The Morgan fingerprint density at radius 1 is 0.700 bits per heavy atom. The summed E-state index contributed by atoms with van der Waals surface area (Å²) in [7, 11) is 0. The number of furan rings is 1. The molecule has 0 aliphatic heterocycles. The monoisotopic (exact) mass is 828 g/mol. The molecule has 3 aromatic heterocycles. The number of rotatable bonds is 4. The minimum atomic E-state index is -0.479. The molecule has 3 heterocycles. The van der Waals surface area contributed by atoms with Crippen molar-refractivity contribution in [1.82, 2.24) is 9.97 Å². The Hall–Kier alpha value is -4.89. The molecule has 249 valence electrons. The standard InChI is InChI=1S/C35H30NO.C11H8N.Ir/c1-35(2)19-16-25(17-20-35)23-10-12-24(13-11-23)27-18-21-36-31(22-27)29-8-5-9-30-33-28-7-4-3-6-26(28)14-15-32(33)37-34(29)30;1-2-6-10(7-3-1)11-8-4-5-9-12-11;/h3-7,9-15,18,21-22,25H,16-17,19-20H2,1-2H3;1-6,8-9H;/q2*-1;/i25D;;. The van der Waals surface area contributed by atoms with Gasteiger partial charge in [0.2, 0.25) is 0 Å². The number of pyridine rings is 2. The summed E-state index contributed by atoms with van der Waals surface area (Å²) in [5.41, 5.74) is 9.11. The third-order valence-electron chi connectivity index (χ3n) is 9.82. The van der Waals surface area contributed by atoms with Gasteiger partial charge in [0, 0.05) is 39.3 Å². The second-order valence-corrected chi connectivity index (χ2v) is 13.6. The maximum absolute atomic E-state index is 9.11. The van der Waals surface area contributed by atoms with Gasteiger partial charge < -0.3 is 14.4 Å². The SMILES string of the molecule is [2H]C1(c2ccc(-c3ccnc(-c4[c-]ccc5c4oc4ccc6ccccc6c45)c3)cc2)CCC(C)(C)CC1.[Ir].[c-]1ccccc1-c1ccccn1. The van der Waals surface area contributed by atoms with Crippen molar-refractivity contribution in [2.75, 3.05) is 0 Å². The quantitative estimate of drug-likeness (QED) is 0.166. The van der Waals surface area contributed by atoms with Gasteiger partial charge in [-0.3, -0.25) is 0 Å². The van der Waals surface area contributed by atoms with E-state index in [4.69, 9.17) is 10.8 Å². The predicted octanol–water partition coefficient (Wildman–Crippen LogP) is 12.5. The maximum Gasteiger partial charge on any atom is 0.121 e. The topological polar surface area (TPSA) is 38.9 Å². The molecule has 0 amide bonds. The zero-order chi connectivity index (χ0) is 34.1. The van der Waals surface area contributed by atoms with Gasteiger partial charge >= 0.3 is 0 Å². The first-order chi connectivity index (χ1) is 24.4. The summed E-state index contributed by atoms with van der Waals surface area (Å²) in [6.07, 6.45) is 7.70. The van der Waals surface area contributed by atoms with Gasteiger partial charge in [0.1, 0.15) is 5.58 Å². The van der Waals surface area contributed by atoms with Crippen molar-refractivity contribution >= 4 is 32.7 Å². The Morgan fingerprint density at radius 2 is 1.48 bits per heavy atom. The molecule has 1 fully saturated rings. The molecule has 0 spiro atoms. The molecule has 1 saturated carbocycles. The molecule has 0 atom stereocenters. The van der Waals surface area contributed by atoms with Crippen molar-refractivity contribution in [3.63, 3.8) is 0 Å². The van der Waals surface area contributed by atoms with E-state index in [-0.39, 0.29) is 20.1 Å². The fourth-order valence-electron chi connectivity index (χ4n) is 6.94. The molecule has 1 aliphatic rings. The van der Waals surface area contributed by atoms with E-state index in [9.17, 15) is 0 Å². The number of benzene rings is 5. The van der Waals surface area contributed by atoms with Crippen LogP contribution in [-0.2, 0) is 20.1 Å². The van der Waals surface area contributed by atoms with Gasteiger partial charge in [0.15, 0.2) is 0 Å². The van der Waals surface area contributed by atoms with Gasteiger partial charge in [-0.2, -0.15) is 0 Å². The summed E-state index contributed by atoms with van der Waals surface area (Å²) in [5, 5.41) is 4.61. The zero-order valence-electron chi connectivity index (χ0n) is 29.2. The second kappa shape index (κ2) is 14.5. The maximum atomic E-state index is 9.11. The minimum Gasteiger partial charge on any atom is -0.501 e. The summed E-state index contributed by atoms with van der Waals surface area (Å²) in [6.45, 7) is 4.64. The van der Waals surface area contributed by atoms with Crippen LogP contribution in [0, 0.1) is 17.5 Å². The summed E-state index contributed by atoms with van der Waals surface area (Å²) < 4.78 is 15.5. The normalized spacial score (nSPS) is 15.1. The fourth-order valence-corrected chi connectivity index (χ4v) is 6.94. The fraction of sp³-hybridized carbons (Fsp3) is 0.174. The molecule has 8 aromatic rings. The third kappa shape index (κ3) is 6.92. The molecule has 3 nitrogen and oxygen atoms in total. The first-order valence-corrected chi connectivity index (χ1v) is 17.1. The average Bonchev–Trinajstić information content (AvgIpc) is 3.57. The molecule has 1 aliphatic carbocycles. The van der Waals surface area contributed by atoms with E-state index in [1.54, 1.807) is 6.20 Å². The molecule has 0 saturated heterocycles. The van der Waals surface area contributed by atoms with Crippen LogP contribution in [0.3, 0.4) is 0 Å². The van der Waals surface area contributed by atoms with Gasteiger partial charge in [0.25, 0.3) is 0 Å². The van der Waals surface area contributed by atoms with Gasteiger partial charge in [-0.15, -0.1) is 54.1 Å². The molecule has 5 aromatic carbocycles. The Morgan fingerprint density at radius 3 is 2.26 bits per heavy atom. The van der Waals surface area contributed by atoms with Crippen molar-refractivity contribution in [3.05, 3.63) is 157 Å². The molecule has 4 heteroatoms. The molecule has 0 N–H and O–H groups in total. The van der Waals surface area contributed by atoms with Crippen LogP contribution in [0.25, 0.3) is 66.4 Å². The number of fused-ring (bicyclic) bond motifs is 5. The molecule has 0 unspecified atom stereocenters. The van der Waals surface area contributed by atoms with Crippen molar-refractivity contribution in [1.29, 1.82) is 0 Å². The van der Waals surface area contributed by atoms with Crippen molar-refractivity contribution in [2.45, 2.75) is 45.4 Å². The van der Waals surface area contributed by atoms with Crippen molar-refractivity contribution in [2.24, 2.45) is 5.41 Å². The van der Waals surface area contributed by atoms with E-state index in [1.165, 1.54) is 10.8 Å². The molecule has 50 heavy (non-hydrogen) atoms. The van der Waals surface area contributed by atoms with Gasteiger partial charge in [-0.25, -0.2) is 0 Å². The van der Waals surface area contributed by atoms with Crippen LogP contribution in [0.5, 0.6) is 0 Å².